The predicted molar refractivity (Wildman–Crippen MR) is 111 cm³/mol. The molecule has 0 bridgehead atoms. The minimum Gasteiger partial charge on any atom is -0.467 e. The zero-order valence-electron chi connectivity index (χ0n) is 16.8. The fourth-order valence-electron chi connectivity index (χ4n) is 3.62. The zero-order chi connectivity index (χ0) is 20.1. The third-order valence-corrected chi connectivity index (χ3v) is 6.80. The topological polar surface area (TPSA) is 71.5 Å². The van der Waals surface area contributed by atoms with Crippen molar-refractivity contribution in [3.63, 3.8) is 0 Å². The van der Waals surface area contributed by atoms with E-state index in [1.165, 1.54) is 16.8 Å². The number of hydrogen-bond acceptors (Lipinski definition) is 6. The van der Waals surface area contributed by atoms with E-state index in [0.29, 0.717) is 12.5 Å². The molecule has 152 valence electrons. The molecule has 0 aliphatic carbocycles. The second-order valence-electron chi connectivity index (χ2n) is 7.52. The fraction of sp³-hybridized carbons (Fsp3) is 0.571. The molecule has 1 saturated heterocycles. The lowest BCUT2D eigenvalue weighted by atomic mass is 9.97. The van der Waals surface area contributed by atoms with Gasteiger partial charge >= 0.3 is 5.97 Å². The Morgan fingerprint density at radius 3 is 2.68 bits per heavy atom. The number of hydrogen-bond donors (Lipinski definition) is 1. The van der Waals surface area contributed by atoms with E-state index >= 15 is 0 Å². The predicted octanol–water partition coefficient (Wildman–Crippen LogP) is 3.18. The molecule has 0 spiro atoms. The minimum absolute atomic E-state index is 0.0428. The summed E-state index contributed by atoms with van der Waals surface area (Å²) in [7, 11) is 1.36. The Labute approximate surface area is 170 Å². The lowest BCUT2D eigenvalue weighted by Gasteiger charge is -2.31. The highest BCUT2D eigenvalue weighted by atomic mass is 32.1. The van der Waals surface area contributed by atoms with Crippen molar-refractivity contribution < 1.29 is 14.3 Å². The Kier molecular flexibility index (Phi) is 7.02. The Morgan fingerprint density at radius 1 is 1.32 bits per heavy atom. The summed E-state index contributed by atoms with van der Waals surface area (Å²) in [5.41, 5.74) is 1.07. The van der Waals surface area contributed by atoms with Gasteiger partial charge in [-0.15, -0.1) is 11.3 Å². The first-order chi connectivity index (χ1) is 13.5. The van der Waals surface area contributed by atoms with E-state index in [4.69, 9.17) is 9.72 Å². The molecule has 1 aliphatic rings. The molecule has 1 aromatic carbocycles. The van der Waals surface area contributed by atoms with E-state index in [9.17, 15) is 9.59 Å². The van der Waals surface area contributed by atoms with Crippen LogP contribution in [0.15, 0.2) is 24.3 Å². The molecular weight excluding hydrogens is 374 g/mol. The number of ether oxygens (including phenoxy) is 1. The molecule has 3 rings (SSSR count). The average molecular weight is 404 g/mol. The van der Waals surface area contributed by atoms with Crippen LogP contribution in [-0.2, 0) is 14.3 Å². The molecule has 1 aromatic heterocycles. The monoisotopic (exact) mass is 403 g/mol. The van der Waals surface area contributed by atoms with Crippen LogP contribution >= 0.6 is 11.3 Å². The quantitative estimate of drug-likeness (QED) is 0.719. The van der Waals surface area contributed by atoms with Crippen LogP contribution in [0.2, 0.25) is 0 Å². The number of fused-ring (bicyclic) bond motifs is 1. The molecule has 1 amide bonds. The standard InChI is InChI=1S/C21H29N3O3S/c1-4-14(2)19(21(26)27-3)23-18(25)13-24-11-9-15(10-12-24)20-22-16-7-5-6-8-17(16)28-20/h5-8,14-15,19H,4,9-13H2,1-3H3,(H,23,25)/t14-,19-/m0/s1. The first kappa shape index (κ1) is 20.7. The highest BCUT2D eigenvalue weighted by Gasteiger charge is 2.29. The van der Waals surface area contributed by atoms with E-state index in [2.05, 4.69) is 22.3 Å². The molecule has 6 nitrogen and oxygen atoms in total. The van der Waals surface area contributed by atoms with Crippen LogP contribution in [0.1, 0.15) is 44.0 Å². The van der Waals surface area contributed by atoms with Gasteiger partial charge in [0, 0.05) is 5.92 Å². The highest BCUT2D eigenvalue weighted by Crippen LogP contribution is 2.33. The summed E-state index contributed by atoms with van der Waals surface area (Å²) in [6.07, 6.45) is 2.80. The maximum atomic E-state index is 12.5. The lowest BCUT2D eigenvalue weighted by molar-refractivity contribution is -0.146. The van der Waals surface area contributed by atoms with Crippen molar-refractivity contribution in [3.05, 3.63) is 29.3 Å². The van der Waals surface area contributed by atoms with E-state index < -0.39 is 6.04 Å². The number of amides is 1. The number of likely N-dealkylation sites (tertiary alicyclic amines) is 1. The molecule has 0 saturated carbocycles. The van der Waals surface area contributed by atoms with Crippen molar-refractivity contribution in [1.82, 2.24) is 15.2 Å². The maximum absolute atomic E-state index is 12.5. The Morgan fingerprint density at radius 2 is 2.04 bits per heavy atom. The summed E-state index contributed by atoms with van der Waals surface area (Å²) in [6, 6.07) is 7.66. The molecule has 1 aliphatic heterocycles. The SMILES string of the molecule is CC[C@H](C)[C@H](NC(=O)CN1CCC(c2nc3ccccc3s2)CC1)C(=O)OC. The Bertz CT molecular complexity index is 781. The largest absolute Gasteiger partial charge is 0.467 e. The number of piperidine rings is 1. The van der Waals surface area contributed by atoms with E-state index in [1.54, 1.807) is 11.3 Å². The molecule has 1 N–H and O–H groups in total. The van der Waals surface area contributed by atoms with Gasteiger partial charge in [0.25, 0.3) is 0 Å². The summed E-state index contributed by atoms with van der Waals surface area (Å²) in [4.78, 5) is 31.4. The van der Waals surface area contributed by atoms with Gasteiger partial charge < -0.3 is 10.1 Å². The van der Waals surface area contributed by atoms with Crippen LogP contribution in [0.4, 0.5) is 0 Å². The van der Waals surface area contributed by atoms with Crippen molar-refractivity contribution >= 4 is 33.4 Å². The van der Waals surface area contributed by atoms with Crippen LogP contribution < -0.4 is 5.32 Å². The summed E-state index contributed by atoms with van der Waals surface area (Å²) < 4.78 is 6.08. The van der Waals surface area contributed by atoms with Crippen LogP contribution in [-0.4, -0.2) is 54.5 Å². The van der Waals surface area contributed by atoms with Crippen molar-refractivity contribution in [1.29, 1.82) is 0 Å². The van der Waals surface area contributed by atoms with Gasteiger partial charge in [-0.2, -0.15) is 0 Å². The van der Waals surface area contributed by atoms with E-state index in [0.717, 1.165) is 37.9 Å². The second kappa shape index (κ2) is 9.47. The third-order valence-electron chi connectivity index (χ3n) is 5.60. The van der Waals surface area contributed by atoms with E-state index in [1.807, 2.05) is 26.0 Å². The second-order valence-corrected chi connectivity index (χ2v) is 8.59. The third kappa shape index (κ3) is 4.89. The molecule has 0 unspecified atom stereocenters. The maximum Gasteiger partial charge on any atom is 0.328 e. The number of carbonyl (C=O) groups excluding carboxylic acids is 2. The van der Waals surface area contributed by atoms with Crippen LogP contribution in [0, 0.1) is 5.92 Å². The summed E-state index contributed by atoms with van der Waals surface area (Å²) in [6.45, 7) is 5.99. The minimum atomic E-state index is -0.581. The number of aromatic nitrogens is 1. The molecule has 2 heterocycles. The van der Waals surface area contributed by atoms with E-state index in [-0.39, 0.29) is 17.8 Å². The zero-order valence-corrected chi connectivity index (χ0v) is 17.6. The van der Waals surface area contributed by atoms with Gasteiger partial charge in [-0.1, -0.05) is 32.4 Å². The molecule has 28 heavy (non-hydrogen) atoms. The number of benzene rings is 1. The van der Waals surface area contributed by atoms with Gasteiger partial charge in [0.1, 0.15) is 6.04 Å². The highest BCUT2D eigenvalue weighted by molar-refractivity contribution is 7.18. The van der Waals surface area contributed by atoms with Crippen molar-refractivity contribution in [2.45, 2.75) is 45.1 Å². The smallest absolute Gasteiger partial charge is 0.328 e. The number of esters is 1. The van der Waals surface area contributed by atoms with Crippen molar-refractivity contribution in [2.75, 3.05) is 26.7 Å². The number of rotatable bonds is 7. The van der Waals surface area contributed by atoms with Gasteiger partial charge in [-0.05, 0) is 44.0 Å². The number of nitrogens with one attached hydrogen (secondary N) is 1. The molecule has 2 aromatic rings. The Balaban J connectivity index is 1.51. The van der Waals surface area contributed by atoms with Gasteiger partial charge in [0.2, 0.25) is 5.91 Å². The van der Waals surface area contributed by atoms with Gasteiger partial charge in [0.15, 0.2) is 0 Å². The van der Waals surface area contributed by atoms with Crippen LogP contribution in [0.25, 0.3) is 10.2 Å². The van der Waals surface area contributed by atoms with Gasteiger partial charge in [-0.3, -0.25) is 9.69 Å². The molecular formula is C21H29N3O3S. The molecule has 7 heteroatoms. The summed E-state index contributed by atoms with van der Waals surface area (Å²) >= 11 is 1.78. The molecule has 1 fully saturated rings. The number of nitrogens with zero attached hydrogens (tertiary/aromatic N) is 2. The summed E-state index contributed by atoms with van der Waals surface area (Å²) in [5.74, 6) is 0.00666. The number of carbonyl (C=O) groups is 2. The van der Waals surface area contributed by atoms with Crippen molar-refractivity contribution in [3.8, 4) is 0 Å². The first-order valence-electron chi connectivity index (χ1n) is 9.96. The Hall–Kier alpha value is -1.99. The average Bonchev–Trinajstić information content (AvgIpc) is 3.15. The lowest BCUT2D eigenvalue weighted by Crippen LogP contribution is -2.49. The normalized spacial score (nSPS) is 18.0. The first-order valence-corrected chi connectivity index (χ1v) is 10.8. The number of para-hydroxylation sites is 1. The van der Waals surface area contributed by atoms with Gasteiger partial charge in [0.05, 0.1) is 28.9 Å². The molecule has 0 radical (unpaired) electrons. The van der Waals surface area contributed by atoms with Crippen LogP contribution in [0.5, 0.6) is 0 Å². The van der Waals surface area contributed by atoms with Crippen molar-refractivity contribution in [2.24, 2.45) is 5.92 Å². The number of methoxy groups -OCH3 is 1. The van der Waals surface area contributed by atoms with Crippen LogP contribution in [0.3, 0.4) is 0 Å². The fourth-order valence-corrected chi connectivity index (χ4v) is 4.76. The van der Waals surface area contributed by atoms with Gasteiger partial charge in [-0.25, -0.2) is 9.78 Å². The molecule has 2 atom stereocenters. The number of thiazole rings is 1. The summed E-state index contributed by atoms with van der Waals surface area (Å²) in [5, 5.41) is 4.06.